The number of rotatable bonds is 4. The fourth-order valence-electron chi connectivity index (χ4n) is 2.65. The number of aliphatic carboxylic acids is 1. The second-order valence-corrected chi connectivity index (χ2v) is 5.03. The Balaban J connectivity index is 2.19. The van der Waals surface area contributed by atoms with Crippen molar-refractivity contribution in [1.29, 1.82) is 0 Å². The molecule has 0 bridgehead atoms. The maximum atomic E-state index is 11.6. The van der Waals surface area contributed by atoms with Crippen molar-refractivity contribution in [2.24, 2.45) is 0 Å². The predicted molar refractivity (Wildman–Crippen MR) is 72.9 cm³/mol. The van der Waals surface area contributed by atoms with Gasteiger partial charge in [0.25, 0.3) is 0 Å². The van der Waals surface area contributed by atoms with Gasteiger partial charge >= 0.3 is 5.97 Å². The number of nitrogens with zero attached hydrogens (tertiary/aromatic N) is 3. The van der Waals surface area contributed by atoms with Crippen molar-refractivity contribution >= 4 is 5.97 Å². The van der Waals surface area contributed by atoms with E-state index in [-0.39, 0.29) is 0 Å². The Morgan fingerprint density at radius 2 is 2.32 bits per heavy atom. The number of hydrogen-bond acceptors (Lipinski definition) is 4. The summed E-state index contributed by atoms with van der Waals surface area (Å²) in [6, 6.07) is 5.22. The number of carbonyl (C=O) groups is 1. The molecular weight excluding hydrogens is 242 g/mol. The highest BCUT2D eigenvalue weighted by Gasteiger charge is 2.33. The molecule has 19 heavy (non-hydrogen) atoms. The van der Waals surface area contributed by atoms with Gasteiger partial charge in [-0.1, -0.05) is 13.0 Å². The zero-order valence-corrected chi connectivity index (χ0v) is 11.5. The lowest BCUT2D eigenvalue weighted by Crippen LogP contribution is -2.53. The van der Waals surface area contributed by atoms with Crippen LogP contribution in [-0.2, 0) is 4.79 Å². The summed E-state index contributed by atoms with van der Waals surface area (Å²) in [7, 11) is 2.10. The molecule has 0 amide bonds. The van der Waals surface area contributed by atoms with Crippen molar-refractivity contribution in [3.63, 3.8) is 0 Å². The van der Waals surface area contributed by atoms with Crippen LogP contribution in [0.4, 0.5) is 0 Å². The summed E-state index contributed by atoms with van der Waals surface area (Å²) >= 11 is 0. The van der Waals surface area contributed by atoms with Crippen LogP contribution in [0.2, 0.25) is 0 Å². The maximum Gasteiger partial charge on any atom is 0.327 e. The topological polar surface area (TPSA) is 56.7 Å². The van der Waals surface area contributed by atoms with E-state index < -0.39 is 12.0 Å². The molecule has 1 saturated heterocycles. The molecule has 5 nitrogen and oxygen atoms in total. The molecule has 1 aliphatic rings. The smallest absolute Gasteiger partial charge is 0.327 e. The van der Waals surface area contributed by atoms with Crippen molar-refractivity contribution in [3.8, 4) is 0 Å². The van der Waals surface area contributed by atoms with E-state index in [1.807, 2.05) is 11.0 Å². The van der Waals surface area contributed by atoms with Crippen molar-refractivity contribution in [2.75, 3.05) is 26.7 Å². The Labute approximate surface area is 113 Å². The lowest BCUT2D eigenvalue weighted by Gasteiger charge is -2.41. The highest BCUT2D eigenvalue weighted by Crippen LogP contribution is 2.23. The SMILES string of the molecule is CCC1CN(C(C(=O)O)c2ccccn2)CCN1C. The van der Waals surface area contributed by atoms with Gasteiger partial charge in [-0.15, -0.1) is 0 Å². The van der Waals surface area contributed by atoms with Crippen LogP contribution >= 0.6 is 0 Å². The number of carboxylic acids is 1. The zero-order chi connectivity index (χ0) is 13.8. The van der Waals surface area contributed by atoms with Crippen molar-refractivity contribution < 1.29 is 9.90 Å². The molecule has 0 spiro atoms. The first-order valence-corrected chi connectivity index (χ1v) is 6.71. The molecule has 2 atom stereocenters. The van der Waals surface area contributed by atoms with E-state index in [2.05, 4.69) is 23.9 Å². The summed E-state index contributed by atoms with van der Waals surface area (Å²) in [6.07, 6.45) is 2.68. The molecule has 1 fully saturated rings. The highest BCUT2D eigenvalue weighted by molar-refractivity contribution is 5.74. The lowest BCUT2D eigenvalue weighted by atomic mass is 10.1. The van der Waals surface area contributed by atoms with Crippen LogP contribution in [0.1, 0.15) is 25.1 Å². The van der Waals surface area contributed by atoms with Crippen LogP contribution in [-0.4, -0.2) is 58.6 Å². The molecule has 1 aliphatic heterocycles. The van der Waals surface area contributed by atoms with Crippen molar-refractivity contribution in [1.82, 2.24) is 14.8 Å². The molecule has 0 saturated carbocycles. The van der Waals surface area contributed by atoms with Gasteiger partial charge in [-0.05, 0) is 25.6 Å². The van der Waals surface area contributed by atoms with Crippen molar-refractivity contribution in [2.45, 2.75) is 25.4 Å². The molecule has 104 valence electrons. The summed E-state index contributed by atoms with van der Waals surface area (Å²) in [5, 5.41) is 9.51. The first kappa shape index (κ1) is 14.0. The molecule has 2 heterocycles. The molecule has 0 radical (unpaired) electrons. The van der Waals surface area contributed by atoms with Gasteiger partial charge in [-0.3, -0.25) is 14.7 Å². The van der Waals surface area contributed by atoms with Gasteiger partial charge in [-0.2, -0.15) is 0 Å². The fraction of sp³-hybridized carbons (Fsp3) is 0.571. The molecular formula is C14H21N3O2. The first-order chi connectivity index (χ1) is 9.13. The number of pyridine rings is 1. The Kier molecular flexibility index (Phi) is 4.50. The van der Waals surface area contributed by atoms with Gasteiger partial charge in [0.15, 0.2) is 6.04 Å². The number of carboxylic acid groups (broad SMARTS) is 1. The van der Waals surface area contributed by atoms with E-state index in [9.17, 15) is 9.90 Å². The molecule has 5 heteroatoms. The molecule has 0 aromatic carbocycles. The monoisotopic (exact) mass is 263 g/mol. The van der Waals surface area contributed by atoms with Crippen LogP contribution in [0.15, 0.2) is 24.4 Å². The molecule has 2 unspecified atom stereocenters. The second kappa shape index (κ2) is 6.12. The third-order valence-corrected chi connectivity index (χ3v) is 3.85. The minimum atomic E-state index is -0.821. The standard InChI is InChI=1S/C14H21N3O2/c1-3-11-10-17(9-8-16(11)2)13(14(18)19)12-6-4-5-7-15-12/h4-7,11,13H,3,8-10H2,1-2H3,(H,18,19). The summed E-state index contributed by atoms with van der Waals surface area (Å²) in [4.78, 5) is 20.1. The maximum absolute atomic E-state index is 11.6. The van der Waals surface area contributed by atoms with Gasteiger partial charge in [0, 0.05) is 31.9 Å². The summed E-state index contributed by atoms with van der Waals surface area (Å²) in [5.74, 6) is -0.821. The number of aromatic nitrogens is 1. The number of hydrogen-bond donors (Lipinski definition) is 1. The summed E-state index contributed by atoms with van der Waals surface area (Å²) in [5.41, 5.74) is 0.620. The number of likely N-dealkylation sites (N-methyl/N-ethyl adjacent to an activating group) is 1. The normalized spacial score (nSPS) is 23.2. The Bertz CT molecular complexity index is 424. The van der Waals surface area contributed by atoms with Crippen LogP contribution in [0.25, 0.3) is 0 Å². The predicted octanol–water partition coefficient (Wildman–Crippen LogP) is 1.23. The lowest BCUT2D eigenvalue weighted by molar-refractivity contribution is -0.145. The largest absolute Gasteiger partial charge is 0.480 e. The van der Waals surface area contributed by atoms with Gasteiger partial charge in [0.2, 0.25) is 0 Å². The van der Waals surface area contributed by atoms with E-state index >= 15 is 0 Å². The van der Waals surface area contributed by atoms with Crippen molar-refractivity contribution in [3.05, 3.63) is 30.1 Å². The van der Waals surface area contributed by atoms with Gasteiger partial charge in [0.1, 0.15) is 0 Å². The molecule has 1 aromatic heterocycles. The average Bonchev–Trinajstić information content (AvgIpc) is 2.41. The molecule has 1 aromatic rings. The zero-order valence-electron chi connectivity index (χ0n) is 11.5. The first-order valence-electron chi connectivity index (χ1n) is 6.71. The Morgan fingerprint density at radius 1 is 1.53 bits per heavy atom. The van der Waals surface area contributed by atoms with E-state index in [4.69, 9.17) is 0 Å². The fourth-order valence-corrected chi connectivity index (χ4v) is 2.65. The van der Waals surface area contributed by atoms with E-state index in [1.54, 1.807) is 18.3 Å². The van der Waals surface area contributed by atoms with Crippen LogP contribution in [0, 0.1) is 0 Å². The average molecular weight is 263 g/mol. The quantitative estimate of drug-likeness (QED) is 0.885. The van der Waals surface area contributed by atoms with E-state index in [1.165, 1.54) is 0 Å². The third-order valence-electron chi connectivity index (χ3n) is 3.85. The molecule has 0 aliphatic carbocycles. The minimum absolute atomic E-state index is 0.416. The summed E-state index contributed by atoms with van der Waals surface area (Å²) < 4.78 is 0. The molecule has 1 N–H and O–H groups in total. The van der Waals surface area contributed by atoms with Crippen LogP contribution < -0.4 is 0 Å². The Morgan fingerprint density at radius 3 is 2.89 bits per heavy atom. The van der Waals surface area contributed by atoms with Gasteiger partial charge in [0.05, 0.1) is 5.69 Å². The minimum Gasteiger partial charge on any atom is -0.480 e. The van der Waals surface area contributed by atoms with Crippen LogP contribution in [0.5, 0.6) is 0 Å². The second-order valence-electron chi connectivity index (χ2n) is 5.03. The van der Waals surface area contributed by atoms with Gasteiger partial charge in [-0.25, -0.2) is 0 Å². The van der Waals surface area contributed by atoms with E-state index in [0.717, 1.165) is 26.1 Å². The third kappa shape index (κ3) is 3.11. The molecule has 2 rings (SSSR count). The van der Waals surface area contributed by atoms with E-state index in [0.29, 0.717) is 11.7 Å². The Hall–Kier alpha value is -1.46. The van der Waals surface area contributed by atoms with Crippen LogP contribution in [0.3, 0.4) is 0 Å². The highest BCUT2D eigenvalue weighted by atomic mass is 16.4. The summed E-state index contributed by atoms with van der Waals surface area (Å²) in [6.45, 7) is 4.58. The number of piperazine rings is 1. The van der Waals surface area contributed by atoms with Gasteiger partial charge < -0.3 is 10.0 Å².